The SMILES string of the molecule is CN[C@@H](CC(=O)O)C(=O)C(=O)OCc1ccccc1. The Morgan fingerprint density at radius 3 is 2.42 bits per heavy atom. The third kappa shape index (κ3) is 4.89. The molecular weight excluding hydrogens is 250 g/mol. The number of esters is 1. The minimum atomic E-state index is -1.16. The maximum Gasteiger partial charge on any atom is 0.376 e. The number of ether oxygens (including phenoxy) is 1. The fourth-order valence-electron chi connectivity index (χ4n) is 1.44. The molecule has 1 rings (SSSR count). The van der Waals surface area contributed by atoms with E-state index in [-0.39, 0.29) is 6.61 Å². The summed E-state index contributed by atoms with van der Waals surface area (Å²) in [7, 11) is 1.41. The van der Waals surface area contributed by atoms with Crippen LogP contribution in [0.1, 0.15) is 12.0 Å². The van der Waals surface area contributed by atoms with Gasteiger partial charge in [0, 0.05) is 0 Å². The van der Waals surface area contributed by atoms with Gasteiger partial charge in [0.25, 0.3) is 5.78 Å². The Balaban J connectivity index is 2.52. The van der Waals surface area contributed by atoms with Gasteiger partial charge in [-0.2, -0.15) is 0 Å². The molecule has 6 nitrogen and oxygen atoms in total. The van der Waals surface area contributed by atoms with E-state index in [4.69, 9.17) is 9.84 Å². The van der Waals surface area contributed by atoms with Crippen LogP contribution in [0.2, 0.25) is 0 Å². The predicted octanol–water partition coefficient (Wildman–Crippen LogP) is 0.362. The van der Waals surface area contributed by atoms with Crippen molar-refractivity contribution in [1.29, 1.82) is 0 Å². The molecule has 6 heteroatoms. The van der Waals surface area contributed by atoms with Crippen LogP contribution in [-0.2, 0) is 25.7 Å². The number of carbonyl (C=O) groups excluding carboxylic acids is 2. The minimum absolute atomic E-state index is 0.0189. The lowest BCUT2D eigenvalue weighted by atomic mass is 10.1. The van der Waals surface area contributed by atoms with Crippen LogP contribution < -0.4 is 5.32 Å². The van der Waals surface area contributed by atoms with Crippen molar-refractivity contribution in [3.8, 4) is 0 Å². The zero-order valence-corrected chi connectivity index (χ0v) is 10.5. The molecule has 0 bridgehead atoms. The van der Waals surface area contributed by atoms with Crippen LogP contribution in [0.4, 0.5) is 0 Å². The number of ketones is 1. The zero-order valence-electron chi connectivity index (χ0n) is 10.5. The summed E-state index contributed by atoms with van der Waals surface area (Å²) in [5.41, 5.74) is 0.753. The van der Waals surface area contributed by atoms with Gasteiger partial charge in [-0.25, -0.2) is 4.79 Å². The Bertz CT molecular complexity index is 457. The van der Waals surface area contributed by atoms with E-state index >= 15 is 0 Å². The van der Waals surface area contributed by atoms with E-state index in [1.54, 1.807) is 24.3 Å². The lowest BCUT2D eigenvalue weighted by molar-refractivity contribution is -0.156. The van der Waals surface area contributed by atoms with Crippen LogP contribution in [0.25, 0.3) is 0 Å². The molecule has 0 fully saturated rings. The van der Waals surface area contributed by atoms with Crippen molar-refractivity contribution in [3.63, 3.8) is 0 Å². The van der Waals surface area contributed by atoms with Crippen molar-refractivity contribution >= 4 is 17.7 Å². The molecule has 0 saturated heterocycles. The van der Waals surface area contributed by atoms with E-state index in [1.165, 1.54) is 7.05 Å². The molecule has 0 aliphatic heterocycles. The van der Waals surface area contributed by atoms with E-state index in [2.05, 4.69) is 5.32 Å². The van der Waals surface area contributed by atoms with Gasteiger partial charge in [0.05, 0.1) is 12.5 Å². The summed E-state index contributed by atoms with van der Waals surface area (Å²) in [4.78, 5) is 33.7. The number of aliphatic carboxylic acids is 1. The highest BCUT2D eigenvalue weighted by Gasteiger charge is 2.27. The maximum absolute atomic E-state index is 11.6. The fourth-order valence-corrected chi connectivity index (χ4v) is 1.44. The molecule has 0 saturated carbocycles. The van der Waals surface area contributed by atoms with Gasteiger partial charge in [-0.1, -0.05) is 30.3 Å². The summed E-state index contributed by atoms with van der Waals surface area (Å²) in [6.07, 6.45) is -0.463. The number of likely N-dealkylation sites (N-methyl/N-ethyl adjacent to an activating group) is 1. The first kappa shape index (κ1) is 14.8. The number of carbonyl (C=O) groups is 3. The monoisotopic (exact) mass is 265 g/mol. The number of benzene rings is 1. The third-order valence-electron chi connectivity index (χ3n) is 2.46. The second kappa shape index (κ2) is 7.27. The topological polar surface area (TPSA) is 92.7 Å². The van der Waals surface area contributed by atoms with E-state index in [0.717, 1.165) is 5.56 Å². The first-order valence-electron chi connectivity index (χ1n) is 5.68. The van der Waals surface area contributed by atoms with Crippen LogP contribution in [0.3, 0.4) is 0 Å². The summed E-state index contributed by atoms with van der Waals surface area (Å²) in [6.45, 7) is -0.0189. The molecule has 0 spiro atoms. The smallest absolute Gasteiger partial charge is 0.376 e. The number of hydrogen-bond acceptors (Lipinski definition) is 5. The first-order valence-corrected chi connectivity index (χ1v) is 5.68. The molecular formula is C13H15NO5. The Kier molecular flexibility index (Phi) is 5.69. The summed E-state index contributed by atoms with van der Waals surface area (Å²) < 4.78 is 4.83. The normalized spacial score (nSPS) is 11.6. The molecule has 0 aromatic heterocycles. The van der Waals surface area contributed by atoms with Crippen LogP contribution >= 0.6 is 0 Å². The Morgan fingerprint density at radius 1 is 1.26 bits per heavy atom. The fraction of sp³-hybridized carbons (Fsp3) is 0.308. The number of hydrogen-bond donors (Lipinski definition) is 2. The highest BCUT2D eigenvalue weighted by Crippen LogP contribution is 2.02. The highest BCUT2D eigenvalue weighted by molar-refractivity contribution is 6.36. The number of rotatable bonds is 7. The van der Waals surface area contributed by atoms with Crippen molar-refractivity contribution in [1.82, 2.24) is 5.32 Å². The van der Waals surface area contributed by atoms with E-state index in [0.29, 0.717) is 0 Å². The minimum Gasteiger partial charge on any atom is -0.481 e. The van der Waals surface area contributed by atoms with Gasteiger partial charge in [-0.3, -0.25) is 9.59 Å². The lowest BCUT2D eigenvalue weighted by Gasteiger charge is -2.11. The standard InChI is InChI=1S/C13H15NO5/c1-14-10(7-11(15)16)12(17)13(18)19-8-9-5-3-2-4-6-9/h2-6,10,14H,7-8H2,1H3,(H,15,16)/t10-/m0/s1. The molecule has 1 aromatic rings. The van der Waals surface area contributed by atoms with Gasteiger partial charge in [0.2, 0.25) is 0 Å². The second-order valence-electron chi connectivity index (χ2n) is 3.87. The van der Waals surface area contributed by atoms with Crippen molar-refractivity contribution in [3.05, 3.63) is 35.9 Å². The quantitative estimate of drug-likeness (QED) is 0.546. The average molecular weight is 265 g/mol. The molecule has 0 heterocycles. The van der Waals surface area contributed by atoms with Crippen LogP contribution in [0.5, 0.6) is 0 Å². The van der Waals surface area contributed by atoms with Gasteiger partial charge in [-0.05, 0) is 12.6 Å². The van der Waals surface area contributed by atoms with Crippen molar-refractivity contribution < 1.29 is 24.2 Å². The summed E-state index contributed by atoms with van der Waals surface area (Å²) in [5.74, 6) is -3.09. The zero-order chi connectivity index (χ0) is 14.3. The summed E-state index contributed by atoms with van der Waals surface area (Å²) in [6, 6.07) is 7.83. The van der Waals surface area contributed by atoms with Gasteiger partial charge in [0.15, 0.2) is 0 Å². The predicted molar refractivity (Wildman–Crippen MR) is 66.3 cm³/mol. The molecule has 0 unspecified atom stereocenters. The average Bonchev–Trinajstić information content (AvgIpc) is 2.42. The number of carboxylic acids is 1. The molecule has 0 aliphatic carbocycles. The lowest BCUT2D eigenvalue weighted by Crippen LogP contribution is -2.41. The summed E-state index contributed by atoms with van der Waals surface area (Å²) in [5, 5.41) is 11.1. The molecule has 0 amide bonds. The van der Waals surface area contributed by atoms with Crippen LogP contribution in [0, 0.1) is 0 Å². The molecule has 19 heavy (non-hydrogen) atoms. The Labute approximate surface area is 110 Å². The van der Waals surface area contributed by atoms with E-state index < -0.39 is 30.2 Å². The van der Waals surface area contributed by atoms with Crippen LogP contribution in [0.15, 0.2) is 30.3 Å². The van der Waals surface area contributed by atoms with Gasteiger partial charge in [0.1, 0.15) is 6.61 Å². The Morgan fingerprint density at radius 2 is 1.89 bits per heavy atom. The van der Waals surface area contributed by atoms with Gasteiger partial charge in [-0.15, -0.1) is 0 Å². The molecule has 0 aliphatic rings. The highest BCUT2D eigenvalue weighted by atomic mass is 16.5. The van der Waals surface area contributed by atoms with E-state index in [9.17, 15) is 14.4 Å². The first-order chi connectivity index (χ1) is 9.04. The largest absolute Gasteiger partial charge is 0.481 e. The van der Waals surface area contributed by atoms with Crippen molar-refractivity contribution in [2.75, 3.05) is 7.05 Å². The molecule has 102 valence electrons. The third-order valence-corrected chi connectivity index (χ3v) is 2.46. The molecule has 1 atom stereocenters. The van der Waals surface area contributed by atoms with Gasteiger partial charge < -0.3 is 15.2 Å². The molecule has 2 N–H and O–H groups in total. The number of Topliss-reactive ketones (excluding diaryl/α,β-unsaturated/α-hetero) is 1. The summed E-state index contributed by atoms with van der Waals surface area (Å²) >= 11 is 0. The van der Waals surface area contributed by atoms with Crippen molar-refractivity contribution in [2.45, 2.75) is 19.1 Å². The molecule has 1 aromatic carbocycles. The number of carboxylic acid groups (broad SMARTS) is 1. The Hall–Kier alpha value is -2.21. The maximum atomic E-state index is 11.6. The van der Waals surface area contributed by atoms with Gasteiger partial charge >= 0.3 is 11.9 Å². The molecule has 0 radical (unpaired) electrons. The van der Waals surface area contributed by atoms with Crippen LogP contribution in [-0.4, -0.2) is 35.9 Å². The van der Waals surface area contributed by atoms with E-state index in [1.807, 2.05) is 6.07 Å². The number of nitrogens with one attached hydrogen (secondary N) is 1. The second-order valence-corrected chi connectivity index (χ2v) is 3.87. The van der Waals surface area contributed by atoms with Crippen molar-refractivity contribution in [2.24, 2.45) is 0 Å².